The van der Waals surface area contributed by atoms with Crippen molar-refractivity contribution >= 4 is 22.3 Å². The monoisotopic (exact) mass is 283 g/mol. The predicted octanol–water partition coefficient (Wildman–Crippen LogP) is 5.14. The smallest absolute Gasteiger partial charge is 0.201 e. The van der Waals surface area contributed by atoms with E-state index >= 15 is 0 Å². The van der Waals surface area contributed by atoms with Gasteiger partial charge in [0.05, 0.1) is 18.4 Å². The maximum Gasteiger partial charge on any atom is 0.201 e. The normalized spacial score (nSPS) is 10.8. The first-order chi connectivity index (χ1) is 9.90. The summed E-state index contributed by atoms with van der Waals surface area (Å²) in [6, 6.07) is 14.8. The van der Waals surface area contributed by atoms with Crippen LogP contribution in [-0.4, -0.2) is 11.0 Å². The van der Waals surface area contributed by atoms with E-state index in [1.165, 1.54) is 27.9 Å². The number of benzene rings is 2. The van der Waals surface area contributed by atoms with E-state index in [9.17, 15) is 0 Å². The highest BCUT2D eigenvalue weighted by Gasteiger charge is 2.12. The molecule has 0 saturated carbocycles. The Balaban J connectivity index is 2.01. The summed E-state index contributed by atoms with van der Waals surface area (Å²) in [7, 11) is 0. The van der Waals surface area contributed by atoms with Gasteiger partial charge in [0.15, 0.2) is 0 Å². The van der Waals surface area contributed by atoms with Gasteiger partial charge in [-0.3, -0.25) is 0 Å². The summed E-state index contributed by atoms with van der Waals surface area (Å²) in [5.74, 6) is 0. The third-order valence-corrected chi connectivity index (χ3v) is 4.06. The van der Waals surface area contributed by atoms with E-state index in [0.717, 1.165) is 30.1 Å². The molecule has 0 bridgehead atoms. The first kappa shape index (κ1) is 13.1. The summed E-state index contributed by atoms with van der Waals surface area (Å²) in [5.41, 5.74) is 2.30. The van der Waals surface area contributed by atoms with Crippen molar-refractivity contribution in [1.29, 1.82) is 0 Å². The number of rotatable bonds is 5. The molecule has 0 aliphatic rings. The Morgan fingerprint density at radius 3 is 2.80 bits per heavy atom. The largest absolute Gasteiger partial charge is 0.482 e. The summed E-state index contributed by atoms with van der Waals surface area (Å²) in [5, 5.41) is 3.42. The van der Waals surface area contributed by atoms with Crippen LogP contribution in [0.15, 0.2) is 48.7 Å². The van der Waals surface area contributed by atoms with Crippen molar-refractivity contribution in [2.45, 2.75) is 19.8 Å². The molecule has 0 aliphatic carbocycles. The Labute approximate surface area is 123 Å². The number of fused-ring (bicyclic) bond motifs is 1. The van der Waals surface area contributed by atoms with Crippen molar-refractivity contribution in [3.8, 4) is 16.2 Å². The lowest BCUT2D eigenvalue weighted by molar-refractivity contribution is 0.319. The molecule has 102 valence electrons. The maximum absolute atomic E-state index is 5.88. The van der Waals surface area contributed by atoms with Crippen molar-refractivity contribution in [3.63, 3.8) is 0 Å². The molecule has 20 heavy (non-hydrogen) atoms. The molecule has 0 amide bonds. The van der Waals surface area contributed by atoms with Crippen molar-refractivity contribution < 1.29 is 4.74 Å². The van der Waals surface area contributed by atoms with Crippen LogP contribution in [0.3, 0.4) is 0 Å². The molecule has 2 aromatic carbocycles. The Bertz CT molecular complexity index is 700. The highest BCUT2D eigenvalue weighted by molar-refractivity contribution is 7.08. The van der Waals surface area contributed by atoms with Crippen LogP contribution in [-0.2, 0) is 0 Å². The van der Waals surface area contributed by atoms with Crippen molar-refractivity contribution in [1.82, 2.24) is 4.37 Å². The van der Waals surface area contributed by atoms with Crippen LogP contribution in [0.5, 0.6) is 5.06 Å². The zero-order chi connectivity index (χ0) is 13.8. The lowest BCUT2D eigenvalue weighted by Gasteiger charge is -2.08. The van der Waals surface area contributed by atoms with E-state index < -0.39 is 0 Å². The molecule has 3 heteroatoms. The second-order valence-electron chi connectivity index (χ2n) is 4.76. The minimum Gasteiger partial charge on any atom is -0.482 e. The quantitative estimate of drug-likeness (QED) is 0.605. The zero-order valence-electron chi connectivity index (χ0n) is 11.5. The lowest BCUT2D eigenvalue weighted by Crippen LogP contribution is -1.95. The van der Waals surface area contributed by atoms with Crippen molar-refractivity contribution in [3.05, 3.63) is 48.7 Å². The summed E-state index contributed by atoms with van der Waals surface area (Å²) in [4.78, 5) is 0. The molecule has 0 radical (unpaired) electrons. The molecule has 3 rings (SSSR count). The molecular formula is C17H17NOS. The lowest BCUT2D eigenvalue weighted by atomic mass is 10.0. The zero-order valence-corrected chi connectivity index (χ0v) is 12.3. The van der Waals surface area contributed by atoms with E-state index in [0.29, 0.717) is 0 Å². The first-order valence-electron chi connectivity index (χ1n) is 6.95. The molecule has 0 unspecified atom stereocenters. The number of nitrogens with zero attached hydrogens (tertiary/aromatic N) is 1. The molecule has 3 aromatic rings. The molecule has 1 heterocycles. The van der Waals surface area contributed by atoms with Gasteiger partial charge in [0.25, 0.3) is 0 Å². The molecule has 0 atom stereocenters. The van der Waals surface area contributed by atoms with Crippen LogP contribution < -0.4 is 4.74 Å². The minimum atomic E-state index is 0.760. The van der Waals surface area contributed by atoms with E-state index in [1.807, 2.05) is 6.20 Å². The van der Waals surface area contributed by atoms with Crippen molar-refractivity contribution in [2.75, 3.05) is 6.61 Å². The molecule has 0 fully saturated rings. The molecule has 0 aliphatic heterocycles. The molecule has 0 spiro atoms. The SMILES string of the molecule is CCCCOc1sncc1-c1cccc2ccccc12. The summed E-state index contributed by atoms with van der Waals surface area (Å²) < 4.78 is 10.2. The Kier molecular flexibility index (Phi) is 3.97. The number of unbranched alkanes of at least 4 members (excludes halogenated alkanes) is 1. The molecule has 0 saturated heterocycles. The summed E-state index contributed by atoms with van der Waals surface area (Å²) >= 11 is 1.43. The third kappa shape index (κ3) is 2.54. The third-order valence-electron chi connectivity index (χ3n) is 3.35. The Hall–Kier alpha value is -1.87. The van der Waals surface area contributed by atoms with Gasteiger partial charge < -0.3 is 4.74 Å². The van der Waals surface area contributed by atoms with Crippen LogP contribution in [0.25, 0.3) is 21.9 Å². The molecular weight excluding hydrogens is 266 g/mol. The van der Waals surface area contributed by atoms with E-state index in [-0.39, 0.29) is 0 Å². The average molecular weight is 283 g/mol. The van der Waals surface area contributed by atoms with Crippen LogP contribution in [0, 0.1) is 0 Å². The van der Waals surface area contributed by atoms with Gasteiger partial charge >= 0.3 is 0 Å². The van der Waals surface area contributed by atoms with Gasteiger partial charge in [0, 0.05) is 11.5 Å². The molecule has 2 nitrogen and oxygen atoms in total. The van der Waals surface area contributed by atoms with E-state index in [1.54, 1.807) is 0 Å². The van der Waals surface area contributed by atoms with Gasteiger partial charge in [-0.15, -0.1) is 0 Å². The van der Waals surface area contributed by atoms with Gasteiger partial charge in [0.1, 0.15) is 0 Å². The van der Waals surface area contributed by atoms with Crippen molar-refractivity contribution in [2.24, 2.45) is 0 Å². The van der Waals surface area contributed by atoms with Gasteiger partial charge in [-0.25, -0.2) is 0 Å². The number of ether oxygens (including phenoxy) is 1. The van der Waals surface area contributed by atoms with Gasteiger partial charge in [-0.1, -0.05) is 55.8 Å². The van der Waals surface area contributed by atoms with Gasteiger partial charge in [-0.05, 0) is 22.8 Å². The topological polar surface area (TPSA) is 22.1 Å². The van der Waals surface area contributed by atoms with Crippen LogP contribution in [0.2, 0.25) is 0 Å². The number of hydrogen-bond acceptors (Lipinski definition) is 3. The second-order valence-corrected chi connectivity index (χ2v) is 5.52. The molecule has 0 N–H and O–H groups in total. The predicted molar refractivity (Wildman–Crippen MR) is 85.5 cm³/mol. The summed E-state index contributed by atoms with van der Waals surface area (Å²) in [6.45, 7) is 2.93. The fraction of sp³-hybridized carbons (Fsp3) is 0.235. The van der Waals surface area contributed by atoms with E-state index in [2.05, 4.69) is 53.8 Å². The van der Waals surface area contributed by atoms with Crippen LogP contribution in [0.1, 0.15) is 19.8 Å². The van der Waals surface area contributed by atoms with Gasteiger partial charge in [0.2, 0.25) is 5.06 Å². The Morgan fingerprint density at radius 2 is 1.90 bits per heavy atom. The standard InChI is InChI=1S/C17H17NOS/c1-2-3-11-19-17-16(12-18-20-17)15-10-6-8-13-7-4-5-9-14(13)15/h4-10,12H,2-3,11H2,1H3. The van der Waals surface area contributed by atoms with Gasteiger partial charge in [-0.2, -0.15) is 4.37 Å². The number of aromatic nitrogens is 1. The fourth-order valence-electron chi connectivity index (χ4n) is 2.28. The molecule has 1 aromatic heterocycles. The fourth-order valence-corrected chi connectivity index (χ4v) is 2.93. The van der Waals surface area contributed by atoms with Crippen LogP contribution in [0.4, 0.5) is 0 Å². The first-order valence-corrected chi connectivity index (χ1v) is 7.73. The highest BCUT2D eigenvalue weighted by Crippen LogP contribution is 2.37. The minimum absolute atomic E-state index is 0.760. The highest BCUT2D eigenvalue weighted by atomic mass is 32.1. The second kappa shape index (κ2) is 6.06. The van der Waals surface area contributed by atoms with Crippen LogP contribution >= 0.6 is 11.5 Å². The average Bonchev–Trinajstić information content (AvgIpc) is 2.95. The number of hydrogen-bond donors (Lipinski definition) is 0. The Morgan fingerprint density at radius 1 is 1.05 bits per heavy atom. The maximum atomic E-state index is 5.88. The summed E-state index contributed by atoms with van der Waals surface area (Å²) in [6.07, 6.45) is 4.13. The van der Waals surface area contributed by atoms with E-state index in [4.69, 9.17) is 4.74 Å².